The van der Waals surface area contributed by atoms with Crippen LogP contribution in [0.3, 0.4) is 0 Å². The van der Waals surface area contributed by atoms with Gasteiger partial charge in [0.2, 0.25) is 5.82 Å². The quantitative estimate of drug-likeness (QED) is 0.892. The number of nitrogens with one attached hydrogen (secondary N) is 1. The Bertz CT molecular complexity index is 435. The molecule has 0 aliphatic carbocycles. The van der Waals surface area contributed by atoms with Crippen molar-refractivity contribution in [2.75, 3.05) is 26.2 Å². The molecule has 2 rings (SSSR count). The lowest BCUT2D eigenvalue weighted by Gasteiger charge is -2.20. The number of aromatic nitrogens is 2. The summed E-state index contributed by atoms with van der Waals surface area (Å²) in [7, 11) is 0. The van der Waals surface area contributed by atoms with Crippen molar-refractivity contribution in [3.8, 4) is 0 Å². The van der Waals surface area contributed by atoms with Gasteiger partial charge in [0.25, 0.3) is 0 Å². The number of aryl methyl sites for hydroxylation is 1. The first-order valence-corrected chi connectivity index (χ1v) is 6.29. The van der Waals surface area contributed by atoms with Crippen molar-refractivity contribution in [3.63, 3.8) is 0 Å². The topological polar surface area (TPSA) is 41.1 Å². The average Bonchev–Trinajstić information content (AvgIpc) is 2.59. The van der Waals surface area contributed by atoms with Gasteiger partial charge in [0.05, 0.1) is 0 Å². The second kappa shape index (κ2) is 8.73. The summed E-state index contributed by atoms with van der Waals surface area (Å²) in [5.41, 5.74) is 1.16. The molecule has 1 fully saturated rings. The molecule has 1 aromatic heterocycles. The van der Waals surface area contributed by atoms with Crippen molar-refractivity contribution < 1.29 is 13.2 Å². The van der Waals surface area contributed by atoms with Crippen LogP contribution in [0.25, 0.3) is 0 Å². The third kappa shape index (κ3) is 5.94. The maximum atomic E-state index is 12.5. The Morgan fingerprint density at radius 3 is 2.57 bits per heavy atom. The van der Waals surface area contributed by atoms with E-state index in [2.05, 4.69) is 20.2 Å². The van der Waals surface area contributed by atoms with Crippen LogP contribution < -0.4 is 5.32 Å². The molecule has 0 saturated carbocycles. The summed E-state index contributed by atoms with van der Waals surface area (Å²) in [6.07, 6.45) is -2.14. The third-order valence-corrected chi connectivity index (χ3v) is 3.16. The summed E-state index contributed by atoms with van der Waals surface area (Å²) < 4.78 is 37.4. The highest BCUT2D eigenvalue weighted by atomic mass is 35.5. The predicted octanol–water partition coefficient (Wildman–Crippen LogP) is 2.44. The minimum Gasteiger partial charge on any atom is -0.315 e. The molecule has 0 spiro atoms. The lowest BCUT2D eigenvalue weighted by Crippen LogP contribution is -2.28. The van der Waals surface area contributed by atoms with Gasteiger partial charge in [-0.1, -0.05) is 0 Å². The minimum absolute atomic E-state index is 0. The molecule has 1 saturated heterocycles. The molecule has 0 bridgehead atoms. The van der Waals surface area contributed by atoms with E-state index >= 15 is 0 Å². The normalized spacial score (nSPS) is 16.6. The second-order valence-electron chi connectivity index (χ2n) is 4.68. The molecular weight excluding hydrogens is 328 g/mol. The fourth-order valence-corrected chi connectivity index (χ4v) is 2.08. The Hall–Kier alpha value is -0.630. The van der Waals surface area contributed by atoms with E-state index in [1.807, 2.05) is 0 Å². The van der Waals surface area contributed by atoms with Gasteiger partial charge in [-0.2, -0.15) is 13.2 Å². The summed E-state index contributed by atoms with van der Waals surface area (Å²) in [6.45, 7) is 5.92. The molecule has 0 unspecified atom stereocenters. The first kappa shape index (κ1) is 20.4. The van der Waals surface area contributed by atoms with E-state index in [1.54, 1.807) is 6.92 Å². The maximum Gasteiger partial charge on any atom is 0.451 e. The first-order chi connectivity index (χ1) is 8.97. The summed E-state index contributed by atoms with van der Waals surface area (Å²) in [6, 6.07) is 0. The van der Waals surface area contributed by atoms with Crippen LogP contribution in [-0.4, -0.2) is 41.0 Å². The van der Waals surface area contributed by atoms with E-state index < -0.39 is 12.0 Å². The molecule has 0 radical (unpaired) electrons. The second-order valence-corrected chi connectivity index (χ2v) is 4.68. The lowest BCUT2D eigenvalue weighted by molar-refractivity contribution is -0.145. The highest BCUT2D eigenvalue weighted by Crippen LogP contribution is 2.26. The van der Waals surface area contributed by atoms with Crippen molar-refractivity contribution in [1.29, 1.82) is 0 Å². The number of hydrogen-bond acceptors (Lipinski definition) is 4. The van der Waals surface area contributed by atoms with Gasteiger partial charge in [-0.3, -0.25) is 4.90 Å². The SMILES string of the molecule is Cc1nc(C(F)(F)F)ncc1CN1CCCNCC1.Cl.Cl. The van der Waals surface area contributed by atoms with Crippen molar-refractivity contribution in [3.05, 3.63) is 23.3 Å². The van der Waals surface area contributed by atoms with Crippen LogP contribution in [-0.2, 0) is 12.7 Å². The number of hydrogen-bond donors (Lipinski definition) is 1. The van der Waals surface area contributed by atoms with Crippen LogP contribution in [0.4, 0.5) is 13.2 Å². The standard InChI is InChI=1S/C12H17F3N4.2ClH/c1-9-10(7-17-11(18-9)12(13,14)15)8-19-5-2-3-16-4-6-19;;/h7,16H,2-6,8H2,1H3;2*1H. The molecule has 0 amide bonds. The van der Waals surface area contributed by atoms with Crippen LogP contribution >= 0.6 is 24.8 Å². The number of nitrogens with zero attached hydrogens (tertiary/aromatic N) is 3. The van der Waals surface area contributed by atoms with Gasteiger partial charge in [0.1, 0.15) is 0 Å². The number of halogens is 5. The van der Waals surface area contributed by atoms with Gasteiger partial charge < -0.3 is 5.32 Å². The summed E-state index contributed by atoms with van der Waals surface area (Å²) in [5.74, 6) is -1.06. The first-order valence-electron chi connectivity index (χ1n) is 6.29. The minimum atomic E-state index is -4.48. The van der Waals surface area contributed by atoms with Gasteiger partial charge in [-0.25, -0.2) is 9.97 Å². The van der Waals surface area contributed by atoms with Crippen LogP contribution in [0, 0.1) is 6.92 Å². The van der Waals surface area contributed by atoms with E-state index in [1.165, 1.54) is 6.20 Å². The zero-order valence-electron chi connectivity index (χ0n) is 11.6. The molecular formula is C12H19Cl2F3N4. The van der Waals surface area contributed by atoms with E-state index in [4.69, 9.17) is 0 Å². The fraction of sp³-hybridized carbons (Fsp3) is 0.667. The summed E-state index contributed by atoms with van der Waals surface area (Å²) in [5, 5.41) is 3.28. The molecule has 1 aromatic rings. The van der Waals surface area contributed by atoms with Crippen LogP contribution in [0.1, 0.15) is 23.5 Å². The summed E-state index contributed by atoms with van der Waals surface area (Å²) in [4.78, 5) is 9.18. The highest BCUT2D eigenvalue weighted by Gasteiger charge is 2.34. The zero-order chi connectivity index (χ0) is 13.9. The fourth-order valence-electron chi connectivity index (χ4n) is 2.08. The molecule has 0 atom stereocenters. The molecule has 122 valence electrons. The Morgan fingerprint density at radius 1 is 1.24 bits per heavy atom. The Labute approximate surface area is 134 Å². The monoisotopic (exact) mass is 346 g/mol. The number of rotatable bonds is 2. The van der Waals surface area contributed by atoms with Crippen LogP contribution in [0.5, 0.6) is 0 Å². The van der Waals surface area contributed by atoms with Gasteiger partial charge in [-0.05, 0) is 26.4 Å². The van der Waals surface area contributed by atoms with Crippen LogP contribution in [0.15, 0.2) is 6.20 Å². The van der Waals surface area contributed by atoms with Crippen molar-refractivity contribution >= 4 is 24.8 Å². The van der Waals surface area contributed by atoms with E-state index in [9.17, 15) is 13.2 Å². The molecule has 21 heavy (non-hydrogen) atoms. The van der Waals surface area contributed by atoms with E-state index in [-0.39, 0.29) is 24.8 Å². The van der Waals surface area contributed by atoms with E-state index in [0.717, 1.165) is 38.2 Å². The molecule has 9 heteroatoms. The van der Waals surface area contributed by atoms with E-state index in [0.29, 0.717) is 12.2 Å². The summed E-state index contributed by atoms with van der Waals surface area (Å²) >= 11 is 0. The Kier molecular flexibility index (Phi) is 8.46. The molecule has 4 nitrogen and oxygen atoms in total. The lowest BCUT2D eigenvalue weighted by atomic mass is 10.2. The maximum absolute atomic E-state index is 12.5. The molecule has 0 aromatic carbocycles. The van der Waals surface area contributed by atoms with Crippen molar-refractivity contribution in [1.82, 2.24) is 20.2 Å². The molecule has 1 aliphatic rings. The zero-order valence-corrected chi connectivity index (χ0v) is 13.2. The van der Waals surface area contributed by atoms with Crippen molar-refractivity contribution in [2.45, 2.75) is 26.1 Å². The average molecular weight is 347 g/mol. The van der Waals surface area contributed by atoms with Gasteiger partial charge >= 0.3 is 6.18 Å². The van der Waals surface area contributed by atoms with Gasteiger partial charge in [0, 0.05) is 37.1 Å². The number of alkyl halides is 3. The highest BCUT2D eigenvalue weighted by molar-refractivity contribution is 5.85. The molecule has 1 N–H and O–H groups in total. The molecule has 1 aliphatic heterocycles. The smallest absolute Gasteiger partial charge is 0.315 e. The van der Waals surface area contributed by atoms with Crippen LogP contribution in [0.2, 0.25) is 0 Å². The predicted molar refractivity (Wildman–Crippen MR) is 79.0 cm³/mol. The Morgan fingerprint density at radius 2 is 1.95 bits per heavy atom. The van der Waals surface area contributed by atoms with Gasteiger partial charge in [0.15, 0.2) is 0 Å². The Balaban J connectivity index is 0.00000200. The molecule has 2 heterocycles. The third-order valence-electron chi connectivity index (χ3n) is 3.16. The van der Waals surface area contributed by atoms with Crippen molar-refractivity contribution in [2.24, 2.45) is 0 Å². The largest absolute Gasteiger partial charge is 0.451 e. The van der Waals surface area contributed by atoms with Gasteiger partial charge in [-0.15, -0.1) is 24.8 Å².